The maximum absolute atomic E-state index is 13.1. The summed E-state index contributed by atoms with van der Waals surface area (Å²) in [7, 11) is -2.07. The van der Waals surface area contributed by atoms with Gasteiger partial charge >= 0.3 is 0 Å². The van der Waals surface area contributed by atoms with Gasteiger partial charge in [0.2, 0.25) is 15.9 Å². The third-order valence-corrected chi connectivity index (χ3v) is 6.56. The fourth-order valence-electron chi connectivity index (χ4n) is 3.74. The van der Waals surface area contributed by atoms with Crippen molar-refractivity contribution in [2.75, 3.05) is 11.4 Å². The van der Waals surface area contributed by atoms with Crippen LogP contribution in [-0.2, 0) is 21.9 Å². The maximum atomic E-state index is 13.1. The van der Waals surface area contributed by atoms with E-state index in [4.69, 9.17) is 0 Å². The lowest BCUT2D eigenvalue weighted by Crippen LogP contribution is -2.52. The molecule has 2 aromatic carbocycles. The largest absolute Gasteiger partial charge is 0.296 e. The average Bonchev–Trinajstić information content (AvgIpc) is 3.00. The molecular weight excluding hydrogens is 376 g/mol. The number of carbonyl (C=O) groups is 1. The molecule has 1 N–H and O–H groups in total. The Bertz CT molecular complexity index is 1150. The van der Waals surface area contributed by atoms with Crippen LogP contribution >= 0.6 is 0 Å². The highest BCUT2D eigenvalue weighted by Gasteiger charge is 2.34. The second-order valence-electron chi connectivity index (χ2n) is 7.05. The number of piperidine rings is 1. The van der Waals surface area contributed by atoms with Crippen LogP contribution in [0, 0.1) is 6.92 Å². The van der Waals surface area contributed by atoms with E-state index in [0.29, 0.717) is 30.6 Å². The second-order valence-corrected chi connectivity index (χ2v) is 8.73. The Balaban J connectivity index is 1.64. The lowest BCUT2D eigenvalue weighted by molar-refractivity contribution is -0.121. The van der Waals surface area contributed by atoms with E-state index >= 15 is 0 Å². The molecular formula is C20H22N4O3S. The van der Waals surface area contributed by atoms with Crippen molar-refractivity contribution in [1.82, 2.24) is 14.5 Å². The van der Waals surface area contributed by atoms with Gasteiger partial charge in [-0.2, -0.15) is 9.82 Å². The number of sulfonamides is 1. The number of aromatic nitrogens is 2. The number of fused-ring (bicyclic) bond motifs is 1. The standard InChI is InChI=1S/C20H22N4O3S/c1-14-13-19(23(2)21-14)24-12-6-10-17(20(24)25)22-28(26,27)18-11-5-8-15-7-3-4-9-16(15)18/h3-5,7-9,11,13,17,22H,6,10,12H2,1-2H3. The minimum atomic E-state index is -3.85. The molecule has 28 heavy (non-hydrogen) atoms. The number of nitrogens with zero attached hydrogens (tertiary/aromatic N) is 3. The lowest BCUT2D eigenvalue weighted by atomic mass is 10.1. The number of anilines is 1. The summed E-state index contributed by atoms with van der Waals surface area (Å²) >= 11 is 0. The number of carbonyl (C=O) groups excluding carboxylic acids is 1. The first-order valence-corrected chi connectivity index (χ1v) is 10.7. The first-order chi connectivity index (χ1) is 13.4. The van der Waals surface area contributed by atoms with Crippen molar-refractivity contribution >= 4 is 32.5 Å². The van der Waals surface area contributed by atoms with Gasteiger partial charge in [-0.3, -0.25) is 14.4 Å². The highest BCUT2D eigenvalue weighted by molar-refractivity contribution is 7.89. The zero-order chi connectivity index (χ0) is 19.9. The molecule has 0 bridgehead atoms. The van der Waals surface area contributed by atoms with Crippen LogP contribution in [0.2, 0.25) is 0 Å². The zero-order valence-corrected chi connectivity index (χ0v) is 16.6. The number of nitrogens with one attached hydrogen (secondary N) is 1. The minimum absolute atomic E-state index is 0.187. The van der Waals surface area contributed by atoms with Crippen LogP contribution in [0.4, 0.5) is 5.82 Å². The van der Waals surface area contributed by atoms with Crippen LogP contribution < -0.4 is 9.62 Å². The van der Waals surface area contributed by atoms with Crippen molar-refractivity contribution in [3.05, 3.63) is 54.2 Å². The van der Waals surface area contributed by atoms with E-state index < -0.39 is 16.1 Å². The van der Waals surface area contributed by atoms with Crippen molar-refractivity contribution in [3.63, 3.8) is 0 Å². The van der Waals surface area contributed by atoms with Crippen LogP contribution in [0.5, 0.6) is 0 Å². The summed E-state index contributed by atoms with van der Waals surface area (Å²) in [5, 5.41) is 5.77. The molecule has 1 amide bonds. The molecule has 1 aliphatic heterocycles. The summed E-state index contributed by atoms with van der Waals surface area (Å²) in [5.41, 5.74) is 0.809. The molecule has 1 saturated heterocycles. The minimum Gasteiger partial charge on any atom is -0.296 e. The van der Waals surface area contributed by atoms with Crippen molar-refractivity contribution in [3.8, 4) is 0 Å². The summed E-state index contributed by atoms with van der Waals surface area (Å²) < 4.78 is 30.4. The van der Waals surface area contributed by atoms with Crippen LogP contribution in [0.15, 0.2) is 53.4 Å². The van der Waals surface area contributed by atoms with Gasteiger partial charge in [0.25, 0.3) is 0 Å². The van der Waals surface area contributed by atoms with Crippen LogP contribution in [0.3, 0.4) is 0 Å². The molecule has 4 rings (SSSR count). The molecule has 1 atom stereocenters. The quantitative estimate of drug-likeness (QED) is 0.731. The Labute approximate surface area is 164 Å². The summed E-state index contributed by atoms with van der Waals surface area (Å²) in [6.07, 6.45) is 1.18. The summed E-state index contributed by atoms with van der Waals surface area (Å²) in [6, 6.07) is 13.5. The third-order valence-electron chi connectivity index (χ3n) is 5.03. The monoisotopic (exact) mass is 398 g/mol. The van der Waals surface area contributed by atoms with E-state index in [1.54, 1.807) is 40.9 Å². The molecule has 2 heterocycles. The number of hydrogen-bond donors (Lipinski definition) is 1. The molecule has 1 fully saturated rings. The topological polar surface area (TPSA) is 84.3 Å². The second kappa shape index (κ2) is 7.03. The first-order valence-electron chi connectivity index (χ1n) is 9.19. The molecule has 7 nitrogen and oxygen atoms in total. The van der Waals surface area contributed by atoms with Gasteiger partial charge < -0.3 is 0 Å². The zero-order valence-electron chi connectivity index (χ0n) is 15.8. The van der Waals surface area contributed by atoms with E-state index in [1.807, 2.05) is 31.2 Å². The molecule has 0 aliphatic carbocycles. The van der Waals surface area contributed by atoms with Crippen LogP contribution in [0.25, 0.3) is 10.8 Å². The fraction of sp³-hybridized carbons (Fsp3) is 0.300. The molecule has 0 spiro atoms. The van der Waals surface area contributed by atoms with Gasteiger partial charge in [-0.1, -0.05) is 36.4 Å². The Morgan fingerprint density at radius 1 is 1.14 bits per heavy atom. The summed E-state index contributed by atoms with van der Waals surface area (Å²) in [5.74, 6) is 0.426. The number of benzene rings is 2. The molecule has 0 saturated carbocycles. The van der Waals surface area contributed by atoms with Gasteiger partial charge in [0.05, 0.1) is 10.6 Å². The molecule has 1 unspecified atom stereocenters. The number of hydrogen-bond acceptors (Lipinski definition) is 4. The Morgan fingerprint density at radius 2 is 1.89 bits per heavy atom. The van der Waals surface area contributed by atoms with Crippen molar-refractivity contribution < 1.29 is 13.2 Å². The SMILES string of the molecule is Cc1cc(N2CCCC(NS(=O)(=O)c3cccc4ccccc34)C2=O)n(C)n1. The van der Waals surface area contributed by atoms with Gasteiger partial charge in [0.15, 0.2) is 0 Å². The molecule has 1 aromatic heterocycles. The predicted molar refractivity (Wildman–Crippen MR) is 108 cm³/mol. The summed E-state index contributed by atoms with van der Waals surface area (Å²) in [4.78, 5) is 14.8. The third kappa shape index (κ3) is 3.29. The maximum Gasteiger partial charge on any atom is 0.246 e. The molecule has 146 valence electrons. The number of aryl methyl sites for hydroxylation is 2. The van der Waals surface area contributed by atoms with E-state index in [2.05, 4.69) is 9.82 Å². The Hall–Kier alpha value is -2.71. The first kappa shape index (κ1) is 18.6. The molecule has 8 heteroatoms. The Kier molecular flexibility index (Phi) is 4.68. The highest BCUT2D eigenvalue weighted by Crippen LogP contribution is 2.25. The molecule has 1 aliphatic rings. The average molecular weight is 398 g/mol. The van der Waals surface area contributed by atoms with Gasteiger partial charge in [0.1, 0.15) is 11.9 Å². The smallest absolute Gasteiger partial charge is 0.246 e. The van der Waals surface area contributed by atoms with Crippen molar-refractivity contribution in [2.45, 2.75) is 30.7 Å². The van der Waals surface area contributed by atoms with Gasteiger partial charge in [0, 0.05) is 25.0 Å². The van der Waals surface area contributed by atoms with E-state index in [9.17, 15) is 13.2 Å². The van der Waals surface area contributed by atoms with Gasteiger partial charge in [-0.15, -0.1) is 0 Å². The van der Waals surface area contributed by atoms with Gasteiger partial charge in [-0.05, 0) is 31.2 Å². The lowest BCUT2D eigenvalue weighted by Gasteiger charge is -2.32. The summed E-state index contributed by atoms with van der Waals surface area (Å²) in [6.45, 7) is 2.41. The highest BCUT2D eigenvalue weighted by atomic mass is 32.2. The van der Waals surface area contributed by atoms with Crippen molar-refractivity contribution in [2.24, 2.45) is 7.05 Å². The van der Waals surface area contributed by atoms with Crippen molar-refractivity contribution in [1.29, 1.82) is 0 Å². The van der Waals surface area contributed by atoms with E-state index in [0.717, 1.165) is 11.1 Å². The van der Waals surface area contributed by atoms with Gasteiger partial charge in [-0.25, -0.2) is 8.42 Å². The van der Waals surface area contributed by atoms with Crippen LogP contribution in [-0.4, -0.2) is 36.7 Å². The van der Waals surface area contributed by atoms with E-state index in [1.165, 1.54) is 0 Å². The normalized spacial score (nSPS) is 18.0. The van der Waals surface area contributed by atoms with E-state index in [-0.39, 0.29) is 10.8 Å². The Morgan fingerprint density at radius 3 is 2.64 bits per heavy atom. The van der Waals surface area contributed by atoms with Crippen LogP contribution in [0.1, 0.15) is 18.5 Å². The predicted octanol–water partition coefficient (Wildman–Crippen LogP) is 2.36. The molecule has 0 radical (unpaired) electrons. The number of rotatable bonds is 4. The fourth-order valence-corrected chi connectivity index (χ4v) is 5.20. The number of amides is 1. The molecule has 3 aromatic rings.